The first-order valence-corrected chi connectivity index (χ1v) is 7.76. The van der Waals surface area contributed by atoms with Crippen LogP contribution in [-0.4, -0.2) is 27.4 Å². The second-order valence-corrected chi connectivity index (χ2v) is 7.99. The molecule has 3 amide bonds. The van der Waals surface area contributed by atoms with Crippen LogP contribution >= 0.6 is 11.3 Å². The van der Waals surface area contributed by atoms with Crippen molar-refractivity contribution in [2.24, 2.45) is 5.41 Å². The molecule has 0 unspecified atom stereocenters. The van der Waals surface area contributed by atoms with Gasteiger partial charge in [-0.3, -0.25) is 9.69 Å². The van der Waals surface area contributed by atoms with Gasteiger partial charge in [0, 0.05) is 0 Å². The van der Waals surface area contributed by atoms with Crippen LogP contribution in [0.25, 0.3) is 0 Å². The molecule has 0 spiro atoms. The molecule has 1 aliphatic rings. The summed E-state index contributed by atoms with van der Waals surface area (Å²) in [5.74, 6) is -0.533. The fraction of sp³-hybridized carbons (Fsp3) is 0.643. The number of nitrogens with zero attached hydrogens (tertiary/aromatic N) is 2. The van der Waals surface area contributed by atoms with Crippen LogP contribution in [0.3, 0.4) is 0 Å². The van der Waals surface area contributed by atoms with Gasteiger partial charge < -0.3 is 5.32 Å². The molecule has 1 saturated heterocycles. The summed E-state index contributed by atoms with van der Waals surface area (Å²) in [6, 6.07) is -0.688. The highest BCUT2D eigenvalue weighted by Crippen LogP contribution is 2.38. The lowest BCUT2D eigenvalue weighted by molar-refractivity contribution is -0.142. The molecule has 1 fully saturated rings. The lowest BCUT2D eigenvalue weighted by atomic mass is 9.75. The number of halogens is 3. The van der Waals surface area contributed by atoms with Crippen molar-refractivity contribution in [2.75, 3.05) is 0 Å². The predicted octanol–water partition coefficient (Wildman–Crippen LogP) is 3.33. The molecular weight excluding hydrogens is 331 g/mol. The number of aromatic nitrogens is 1. The van der Waals surface area contributed by atoms with Gasteiger partial charge in [0.1, 0.15) is 5.54 Å². The molecule has 5 nitrogen and oxygen atoms in total. The van der Waals surface area contributed by atoms with Crippen LogP contribution in [0.2, 0.25) is 0 Å². The summed E-state index contributed by atoms with van der Waals surface area (Å²) in [6.07, 6.45) is -4.62. The number of amides is 3. The Morgan fingerprint density at radius 3 is 2.26 bits per heavy atom. The van der Waals surface area contributed by atoms with Crippen LogP contribution in [0.1, 0.15) is 43.3 Å². The zero-order valence-corrected chi connectivity index (χ0v) is 14.3. The van der Waals surface area contributed by atoms with E-state index in [4.69, 9.17) is 0 Å². The van der Waals surface area contributed by atoms with Crippen LogP contribution in [0, 0.1) is 12.3 Å². The van der Waals surface area contributed by atoms with Gasteiger partial charge in [0.15, 0.2) is 5.69 Å². The van der Waals surface area contributed by atoms with Crippen molar-refractivity contribution in [3.8, 4) is 0 Å². The minimum absolute atomic E-state index is 0.142. The standard InChI is InChI=1S/C14H18F3N3O2S/c1-7-18-9(14(15,16)17)8(23-7)6-20-10(21)13(5,12(2,3)4)19-11(20)22/h6H2,1-5H3,(H,19,22)/t13-/m1/s1. The number of urea groups is 1. The first-order chi connectivity index (χ1) is 10.3. The highest BCUT2D eigenvalue weighted by atomic mass is 32.1. The van der Waals surface area contributed by atoms with Gasteiger partial charge in [-0.2, -0.15) is 13.2 Å². The van der Waals surface area contributed by atoms with Gasteiger partial charge in [0.25, 0.3) is 5.91 Å². The molecule has 0 aromatic carbocycles. The average molecular weight is 349 g/mol. The molecule has 0 bridgehead atoms. The van der Waals surface area contributed by atoms with Gasteiger partial charge >= 0.3 is 12.2 Å². The summed E-state index contributed by atoms with van der Waals surface area (Å²) in [5, 5.41) is 2.83. The molecule has 23 heavy (non-hydrogen) atoms. The Balaban J connectivity index is 2.36. The molecular formula is C14H18F3N3O2S. The Morgan fingerprint density at radius 2 is 1.83 bits per heavy atom. The number of aryl methyl sites for hydroxylation is 1. The van der Waals surface area contributed by atoms with Gasteiger partial charge in [-0.05, 0) is 19.3 Å². The van der Waals surface area contributed by atoms with Crippen LogP contribution in [0.5, 0.6) is 0 Å². The molecule has 0 radical (unpaired) electrons. The number of carbonyl (C=O) groups excluding carboxylic acids is 2. The third kappa shape index (κ3) is 2.93. The van der Waals surface area contributed by atoms with E-state index in [2.05, 4.69) is 10.3 Å². The Kier molecular flexibility index (Phi) is 3.99. The minimum Gasteiger partial charge on any atom is -0.323 e. The van der Waals surface area contributed by atoms with Crippen molar-refractivity contribution in [1.82, 2.24) is 15.2 Å². The Labute approximate surface area is 135 Å². The topological polar surface area (TPSA) is 62.3 Å². The van der Waals surface area contributed by atoms with E-state index < -0.39 is 41.3 Å². The Hall–Kier alpha value is -1.64. The first kappa shape index (κ1) is 17.7. The SMILES string of the molecule is Cc1nc(C(F)(F)F)c(CN2C(=O)N[C@@](C)(C(C)(C)C)C2=O)s1. The number of hydrogen-bond acceptors (Lipinski definition) is 4. The lowest BCUT2D eigenvalue weighted by Crippen LogP contribution is -2.54. The number of nitrogens with one attached hydrogen (secondary N) is 1. The summed E-state index contributed by atoms with van der Waals surface area (Å²) < 4.78 is 39.0. The second-order valence-electron chi connectivity index (χ2n) is 6.70. The number of carbonyl (C=O) groups is 2. The van der Waals surface area contributed by atoms with E-state index in [1.807, 2.05) is 0 Å². The first-order valence-electron chi connectivity index (χ1n) is 6.95. The van der Waals surface area contributed by atoms with Gasteiger partial charge in [-0.15, -0.1) is 11.3 Å². The zero-order valence-electron chi connectivity index (χ0n) is 13.5. The molecule has 2 rings (SSSR count). The predicted molar refractivity (Wildman–Crippen MR) is 78.8 cm³/mol. The van der Waals surface area contributed by atoms with Crippen LogP contribution in [0.4, 0.5) is 18.0 Å². The number of imide groups is 1. The summed E-state index contributed by atoms with van der Waals surface area (Å²) in [7, 11) is 0. The molecule has 1 atom stereocenters. The fourth-order valence-electron chi connectivity index (χ4n) is 2.29. The van der Waals surface area contributed by atoms with Crippen LogP contribution < -0.4 is 5.32 Å². The third-order valence-electron chi connectivity index (χ3n) is 4.15. The molecule has 2 heterocycles. The molecule has 1 N–H and O–H groups in total. The minimum atomic E-state index is -4.62. The van der Waals surface area contributed by atoms with E-state index in [0.29, 0.717) is 0 Å². The zero-order chi connectivity index (χ0) is 17.8. The van der Waals surface area contributed by atoms with Crippen molar-refractivity contribution < 1.29 is 22.8 Å². The van der Waals surface area contributed by atoms with Gasteiger partial charge in [-0.25, -0.2) is 9.78 Å². The van der Waals surface area contributed by atoms with Crippen molar-refractivity contribution in [3.63, 3.8) is 0 Å². The van der Waals surface area contributed by atoms with E-state index in [9.17, 15) is 22.8 Å². The monoisotopic (exact) mass is 349 g/mol. The third-order valence-corrected chi connectivity index (χ3v) is 5.11. The van der Waals surface area contributed by atoms with Crippen molar-refractivity contribution in [2.45, 2.75) is 52.9 Å². The van der Waals surface area contributed by atoms with E-state index in [1.165, 1.54) is 6.92 Å². The van der Waals surface area contributed by atoms with Crippen LogP contribution in [-0.2, 0) is 17.5 Å². The van der Waals surface area contributed by atoms with Gasteiger partial charge in [-0.1, -0.05) is 20.8 Å². The average Bonchev–Trinajstić information content (AvgIpc) is 2.83. The molecule has 1 aliphatic heterocycles. The normalized spacial score (nSPS) is 22.7. The van der Waals surface area contributed by atoms with Gasteiger partial charge in [0.2, 0.25) is 0 Å². The van der Waals surface area contributed by atoms with Gasteiger partial charge in [0.05, 0.1) is 16.4 Å². The number of hydrogen-bond donors (Lipinski definition) is 1. The molecule has 128 valence electrons. The Bertz CT molecular complexity index is 663. The van der Waals surface area contributed by atoms with Crippen molar-refractivity contribution in [3.05, 3.63) is 15.6 Å². The molecule has 9 heteroatoms. The number of alkyl halides is 3. The van der Waals surface area contributed by atoms with Crippen molar-refractivity contribution >= 4 is 23.3 Å². The summed E-state index contributed by atoms with van der Waals surface area (Å²) >= 11 is 0.835. The molecule has 1 aromatic heterocycles. The quantitative estimate of drug-likeness (QED) is 0.833. The maximum absolute atomic E-state index is 13.0. The van der Waals surface area contributed by atoms with E-state index in [1.54, 1.807) is 27.7 Å². The van der Waals surface area contributed by atoms with Crippen molar-refractivity contribution in [1.29, 1.82) is 0 Å². The Morgan fingerprint density at radius 1 is 1.26 bits per heavy atom. The molecule has 0 aliphatic carbocycles. The maximum atomic E-state index is 13.0. The number of thiazole rings is 1. The smallest absolute Gasteiger partial charge is 0.323 e. The molecule has 0 saturated carbocycles. The van der Waals surface area contributed by atoms with E-state index in [-0.39, 0.29) is 9.88 Å². The largest absolute Gasteiger partial charge is 0.434 e. The highest BCUT2D eigenvalue weighted by Gasteiger charge is 2.55. The summed E-state index contributed by atoms with van der Waals surface area (Å²) in [4.78, 5) is 28.9. The second kappa shape index (κ2) is 5.19. The van der Waals surface area contributed by atoms with E-state index in [0.717, 1.165) is 16.2 Å². The maximum Gasteiger partial charge on any atom is 0.434 e. The van der Waals surface area contributed by atoms with Crippen LogP contribution in [0.15, 0.2) is 0 Å². The van der Waals surface area contributed by atoms with E-state index >= 15 is 0 Å². The molecule has 1 aromatic rings. The highest BCUT2D eigenvalue weighted by molar-refractivity contribution is 7.11. The summed E-state index contributed by atoms with van der Waals surface area (Å²) in [5.41, 5.74) is -2.78. The lowest BCUT2D eigenvalue weighted by Gasteiger charge is -2.35. The fourth-order valence-corrected chi connectivity index (χ4v) is 3.24. The number of rotatable bonds is 2. The summed E-state index contributed by atoms with van der Waals surface area (Å²) in [6.45, 7) is 7.95.